The van der Waals surface area contributed by atoms with Gasteiger partial charge in [-0.1, -0.05) is 6.07 Å². The molecule has 1 aliphatic heterocycles. The van der Waals surface area contributed by atoms with E-state index in [0.29, 0.717) is 45.0 Å². The molecule has 1 aliphatic rings. The fourth-order valence-electron chi connectivity index (χ4n) is 3.18. The van der Waals surface area contributed by atoms with E-state index >= 15 is 0 Å². The first-order valence-corrected chi connectivity index (χ1v) is 9.43. The Labute approximate surface area is 163 Å². The lowest BCUT2D eigenvalue weighted by molar-refractivity contribution is 0.0515. The molecule has 0 radical (unpaired) electrons. The molecule has 2 aromatic heterocycles. The first-order chi connectivity index (χ1) is 13.5. The molecule has 3 amide bonds. The second-order valence-corrected chi connectivity index (χ2v) is 6.45. The molecule has 0 N–H and O–H groups in total. The van der Waals surface area contributed by atoms with Crippen LogP contribution in [0.2, 0.25) is 0 Å². The minimum absolute atomic E-state index is 0.179. The van der Waals surface area contributed by atoms with Crippen molar-refractivity contribution in [1.82, 2.24) is 19.7 Å². The van der Waals surface area contributed by atoms with Crippen molar-refractivity contribution in [3.63, 3.8) is 0 Å². The summed E-state index contributed by atoms with van der Waals surface area (Å²) in [6.45, 7) is 6.62. The molecule has 2 aromatic rings. The van der Waals surface area contributed by atoms with Crippen molar-refractivity contribution < 1.29 is 18.8 Å². The van der Waals surface area contributed by atoms with Crippen LogP contribution in [0.15, 0.2) is 41.0 Å². The molecule has 0 saturated carbocycles. The average molecular weight is 384 g/mol. The van der Waals surface area contributed by atoms with E-state index in [0.717, 1.165) is 0 Å². The van der Waals surface area contributed by atoms with Crippen LogP contribution >= 0.6 is 0 Å². The van der Waals surface area contributed by atoms with Crippen molar-refractivity contribution >= 4 is 17.7 Å². The molecule has 28 heavy (non-hydrogen) atoms. The number of furan rings is 1. The minimum Gasteiger partial charge on any atom is -0.459 e. The van der Waals surface area contributed by atoms with Crippen molar-refractivity contribution in [2.75, 3.05) is 39.3 Å². The van der Waals surface area contributed by atoms with Crippen LogP contribution in [0.1, 0.15) is 45.4 Å². The smallest absolute Gasteiger partial charge is 0.289 e. The maximum Gasteiger partial charge on any atom is 0.289 e. The number of rotatable bonds is 5. The molecule has 0 bridgehead atoms. The summed E-state index contributed by atoms with van der Waals surface area (Å²) in [6, 6.07) is 8.21. The highest BCUT2D eigenvalue weighted by Crippen LogP contribution is 2.12. The van der Waals surface area contributed by atoms with E-state index in [1.807, 2.05) is 13.8 Å². The third kappa shape index (κ3) is 4.05. The molecule has 0 unspecified atom stereocenters. The van der Waals surface area contributed by atoms with E-state index in [4.69, 9.17) is 4.42 Å². The normalized spacial score (nSPS) is 14.1. The first kappa shape index (κ1) is 19.6. The van der Waals surface area contributed by atoms with E-state index in [-0.39, 0.29) is 29.1 Å². The van der Waals surface area contributed by atoms with Gasteiger partial charge < -0.3 is 19.1 Å². The van der Waals surface area contributed by atoms with Crippen LogP contribution in [0.25, 0.3) is 0 Å². The second-order valence-electron chi connectivity index (χ2n) is 6.45. The predicted octanol–water partition coefficient (Wildman–Crippen LogP) is 1.75. The molecule has 8 heteroatoms. The molecule has 3 rings (SSSR count). The van der Waals surface area contributed by atoms with E-state index in [1.54, 1.807) is 45.0 Å². The van der Waals surface area contributed by atoms with Crippen LogP contribution in [-0.4, -0.2) is 76.7 Å². The quantitative estimate of drug-likeness (QED) is 0.784. The Balaban J connectivity index is 1.64. The van der Waals surface area contributed by atoms with E-state index in [2.05, 4.69) is 4.98 Å². The van der Waals surface area contributed by atoms with E-state index < -0.39 is 0 Å². The van der Waals surface area contributed by atoms with Gasteiger partial charge >= 0.3 is 0 Å². The van der Waals surface area contributed by atoms with Gasteiger partial charge in [0.15, 0.2) is 5.76 Å². The monoisotopic (exact) mass is 384 g/mol. The van der Waals surface area contributed by atoms with E-state index in [1.165, 1.54) is 6.26 Å². The third-order valence-electron chi connectivity index (χ3n) is 4.82. The Morgan fingerprint density at radius 3 is 2.11 bits per heavy atom. The summed E-state index contributed by atoms with van der Waals surface area (Å²) in [7, 11) is 0. The molecule has 0 aromatic carbocycles. The van der Waals surface area contributed by atoms with Gasteiger partial charge in [-0.25, -0.2) is 4.98 Å². The summed E-state index contributed by atoms with van der Waals surface area (Å²) in [5, 5.41) is 0. The molecule has 0 aliphatic carbocycles. The Morgan fingerprint density at radius 1 is 0.929 bits per heavy atom. The van der Waals surface area contributed by atoms with Crippen LogP contribution in [-0.2, 0) is 0 Å². The summed E-state index contributed by atoms with van der Waals surface area (Å²) in [5.74, 6) is -0.307. The molecular formula is C20H24N4O4. The zero-order valence-corrected chi connectivity index (χ0v) is 16.1. The van der Waals surface area contributed by atoms with Gasteiger partial charge in [-0.3, -0.25) is 14.4 Å². The summed E-state index contributed by atoms with van der Waals surface area (Å²) in [4.78, 5) is 46.9. The van der Waals surface area contributed by atoms with Crippen molar-refractivity contribution in [3.05, 3.63) is 53.7 Å². The molecule has 0 atom stereocenters. The lowest BCUT2D eigenvalue weighted by atomic mass is 10.2. The molecule has 1 fully saturated rings. The van der Waals surface area contributed by atoms with Crippen molar-refractivity contribution in [2.45, 2.75) is 13.8 Å². The summed E-state index contributed by atoms with van der Waals surface area (Å²) in [6.07, 6.45) is 1.46. The van der Waals surface area contributed by atoms with Gasteiger partial charge in [0.05, 0.1) is 6.26 Å². The molecule has 3 heterocycles. The Bertz CT molecular complexity index is 838. The maximum atomic E-state index is 12.8. The number of nitrogens with zero attached hydrogens (tertiary/aromatic N) is 4. The highest BCUT2D eigenvalue weighted by atomic mass is 16.3. The fourth-order valence-corrected chi connectivity index (χ4v) is 3.18. The predicted molar refractivity (Wildman–Crippen MR) is 102 cm³/mol. The zero-order chi connectivity index (χ0) is 20.1. The molecule has 1 saturated heterocycles. The SMILES string of the molecule is CCN(CC)C(=O)c1cccc(C(=O)N2CCN(C(=O)c3ccco3)CC2)n1. The van der Waals surface area contributed by atoms with Crippen LogP contribution < -0.4 is 0 Å². The van der Waals surface area contributed by atoms with Crippen LogP contribution in [0.3, 0.4) is 0 Å². The van der Waals surface area contributed by atoms with Gasteiger partial charge in [0, 0.05) is 39.3 Å². The van der Waals surface area contributed by atoms with Crippen LogP contribution in [0, 0.1) is 0 Å². The standard InChI is InChI=1S/C20H24N4O4/c1-3-22(4-2)18(25)15-7-5-8-16(21-15)19(26)23-10-12-24(13-11-23)20(27)17-9-6-14-28-17/h5-9,14H,3-4,10-13H2,1-2H3. The van der Waals surface area contributed by atoms with Crippen molar-refractivity contribution in [3.8, 4) is 0 Å². The van der Waals surface area contributed by atoms with Crippen LogP contribution in [0.4, 0.5) is 0 Å². The maximum absolute atomic E-state index is 12.8. The van der Waals surface area contributed by atoms with Crippen molar-refractivity contribution in [1.29, 1.82) is 0 Å². The molecule has 8 nitrogen and oxygen atoms in total. The summed E-state index contributed by atoms with van der Waals surface area (Å²) < 4.78 is 5.15. The highest BCUT2D eigenvalue weighted by molar-refractivity contribution is 5.96. The zero-order valence-electron chi connectivity index (χ0n) is 16.1. The Hall–Kier alpha value is -3.16. The molecule has 148 valence electrons. The van der Waals surface area contributed by atoms with E-state index in [9.17, 15) is 14.4 Å². The topological polar surface area (TPSA) is 87.0 Å². The van der Waals surface area contributed by atoms with Crippen molar-refractivity contribution in [2.24, 2.45) is 0 Å². The minimum atomic E-state index is -0.237. The van der Waals surface area contributed by atoms with Gasteiger partial charge in [-0.05, 0) is 38.1 Å². The lowest BCUT2D eigenvalue weighted by Crippen LogP contribution is -2.50. The number of hydrogen-bond acceptors (Lipinski definition) is 5. The number of piperazine rings is 1. The van der Waals surface area contributed by atoms with Gasteiger partial charge in [-0.15, -0.1) is 0 Å². The highest BCUT2D eigenvalue weighted by Gasteiger charge is 2.27. The second kappa shape index (κ2) is 8.69. The number of carbonyl (C=O) groups excluding carboxylic acids is 3. The summed E-state index contributed by atoms with van der Waals surface area (Å²) >= 11 is 0. The number of hydrogen-bond donors (Lipinski definition) is 0. The van der Waals surface area contributed by atoms with Gasteiger partial charge in [0.1, 0.15) is 11.4 Å². The van der Waals surface area contributed by atoms with Gasteiger partial charge in [0.2, 0.25) is 0 Å². The molecule has 0 spiro atoms. The molecular weight excluding hydrogens is 360 g/mol. The largest absolute Gasteiger partial charge is 0.459 e. The van der Waals surface area contributed by atoms with Gasteiger partial charge in [0.25, 0.3) is 17.7 Å². The number of pyridine rings is 1. The van der Waals surface area contributed by atoms with Crippen LogP contribution in [0.5, 0.6) is 0 Å². The third-order valence-corrected chi connectivity index (χ3v) is 4.82. The van der Waals surface area contributed by atoms with Gasteiger partial charge in [-0.2, -0.15) is 0 Å². The summed E-state index contributed by atoms with van der Waals surface area (Å²) in [5.41, 5.74) is 0.505. The first-order valence-electron chi connectivity index (χ1n) is 9.43. The number of carbonyl (C=O) groups is 3. The Kier molecular flexibility index (Phi) is 6.08. The lowest BCUT2D eigenvalue weighted by Gasteiger charge is -2.34. The Morgan fingerprint density at radius 2 is 1.54 bits per heavy atom. The average Bonchev–Trinajstić information content (AvgIpc) is 3.28. The number of aromatic nitrogens is 1. The number of amides is 3. The fraction of sp³-hybridized carbons (Fsp3) is 0.400.